The zero-order chi connectivity index (χ0) is 20.2. The molecule has 1 fully saturated rings. The molecule has 29 heavy (non-hydrogen) atoms. The van der Waals surface area contributed by atoms with Crippen LogP contribution in [0.15, 0.2) is 42.9 Å². The summed E-state index contributed by atoms with van der Waals surface area (Å²) in [5.41, 5.74) is 7.58. The molecule has 0 unspecified atom stereocenters. The number of nitrogen functional groups attached to an aromatic ring is 1. The van der Waals surface area contributed by atoms with Gasteiger partial charge in [-0.3, -0.25) is 14.7 Å². The van der Waals surface area contributed by atoms with Gasteiger partial charge in [-0.05, 0) is 24.3 Å². The lowest BCUT2D eigenvalue weighted by Gasteiger charge is -2.25. The number of carbonyl (C=O) groups is 1. The van der Waals surface area contributed by atoms with Crippen molar-refractivity contribution in [2.24, 2.45) is 0 Å². The fourth-order valence-corrected chi connectivity index (χ4v) is 4.25. The predicted molar refractivity (Wildman–Crippen MR) is 115 cm³/mol. The van der Waals surface area contributed by atoms with Gasteiger partial charge in [-0.2, -0.15) is 0 Å². The minimum atomic E-state index is -0.366. The van der Waals surface area contributed by atoms with Crippen LogP contribution in [0.25, 0.3) is 10.4 Å². The molecule has 1 aliphatic rings. The van der Waals surface area contributed by atoms with Crippen LogP contribution in [0.2, 0.25) is 5.02 Å². The van der Waals surface area contributed by atoms with E-state index in [9.17, 15) is 4.79 Å². The lowest BCUT2D eigenvalue weighted by Crippen LogP contribution is -2.35. The van der Waals surface area contributed by atoms with Crippen molar-refractivity contribution in [2.75, 3.05) is 37.4 Å². The van der Waals surface area contributed by atoms with Crippen molar-refractivity contribution in [2.45, 2.75) is 6.54 Å². The molecule has 1 saturated heterocycles. The molecule has 9 heteroatoms. The first-order chi connectivity index (χ1) is 14.1. The molecule has 0 atom stereocenters. The molecule has 1 aliphatic heterocycles. The van der Waals surface area contributed by atoms with Gasteiger partial charge >= 0.3 is 0 Å². The summed E-state index contributed by atoms with van der Waals surface area (Å²) in [5, 5.41) is 3.12. The lowest BCUT2D eigenvalue weighted by molar-refractivity contribution is 0.0346. The molecular weight excluding hydrogens is 410 g/mol. The first-order valence-corrected chi connectivity index (χ1v) is 10.3. The summed E-state index contributed by atoms with van der Waals surface area (Å²) < 4.78 is 5.40. The third-order valence-corrected chi connectivity index (χ3v) is 6.03. The van der Waals surface area contributed by atoms with Gasteiger partial charge in [0.1, 0.15) is 5.82 Å². The van der Waals surface area contributed by atoms with E-state index in [2.05, 4.69) is 32.3 Å². The zero-order valence-corrected chi connectivity index (χ0v) is 17.2. The molecule has 4 rings (SSSR count). The molecule has 150 valence electrons. The van der Waals surface area contributed by atoms with Crippen LogP contribution in [-0.2, 0) is 11.3 Å². The Labute approximate surface area is 177 Å². The van der Waals surface area contributed by atoms with Crippen LogP contribution < -0.4 is 11.1 Å². The third kappa shape index (κ3) is 4.73. The molecule has 7 nitrogen and oxygen atoms in total. The van der Waals surface area contributed by atoms with E-state index < -0.39 is 0 Å². The molecular formula is C20H20ClN5O2S. The number of nitrogens with zero attached hydrogens (tertiary/aromatic N) is 3. The molecule has 1 amide bonds. The summed E-state index contributed by atoms with van der Waals surface area (Å²) in [7, 11) is 0. The number of nitrogens with one attached hydrogen (secondary N) is 1. The van der Waals surface area contributed by atoms with E-state index in [0.717, 1.165) is 43.3 Å². The standard InChI is InChI=1S/C20H20ClN5O2S/c21-16-11-23-4-3-17(16)25-20(27)15-9-13(10-24-19(15)22)18-2-1-14(29-18)12-26-5-7-28-8-6-26/h1-4,9-11H,5-8,12H2,(H2,22,24)(H,23,25,27). The second-order valence-corrected chi connectivity index (χ2v) is 8.20. The zero-order valence-electron chi connectivity index (χ0n) is 15.6. The van der Waals surface area contributed by atoms with Crippen molar-refractivity contribution in [3.05, 3.63) is 58.3 Å². The number of aromatic nitrogens is 2. The molecule has 4 heterocycles. The summed E-state index contributed by atoms with van der Waals surface area (Å²) in [4.78, 5) is 25.5. The van der Waals surface area contributed by atoms with Crippen molar-refractivity contribution >= 4 is 40.4 Å². The second kappa shape index (κ2) is 8.87. The van der Waals surface area contributed by atoms with Gasteiger partial charge in [0.05, 0.1) is 29.5 Å². The summed E-state index contributed by atoms with van der Waals surface area (Å²) in [6.07, 6.45) is 4.72. The number of ether oxygens (including phenoxy) is 1. The number of hydrogen-bond acceptors (Lipinski definition) is 7. The fraction of sp³-hybridized carbons (Fsp3) is 0.250. The Bertz CT molecular complexity index is 1020. The van der Waals surface area contributed by atoms with Gasteiger partial charge in [-0.25, -0.2) is 4.98 Å². The van der Waals surface area contributed by atoms with Crippen LogP contribution in [0.4, 0.5) is 11.5 Å². The fourth-order valence-electron chi connectivity index (χ4n) is 3.06. The summed E-state index contributed by atoms with van der Waals surface area (Å²) >= 11 is 7.76. The Balaban J connectivity index is 1.52. The minimum absolute atomic E-state index is 0.168. The van der Waals surface area contributed by atoms with E-state index in [4.69, 9.17) is 22.1 Å². The molecule has 0 bridgehead atoms. The first-order valence-electron chi connectivity index (χ1n) is 9.16. The average Bonchev–Trinajstić information content (AvgIpc) is 3.19. The van der Waals surface area contributed by atoms with E-state index >= 15 is 0 Å². The van der Waals surface area contributed by atoms with Crippen molar-refractivity contribution in [3.8, 4) is 10.4 Å². The number of halogens is 1. The maximum Gasteiger partial charge on any atom is 0.259 e. The van der Waals surface area contributed by atoms with Gasteiger partial charge < -0.3 is 15.8 Å². The van der Waals surface area contributed by atoms with E-state index in [-0.39, 0.29) is 11.7 Å². The summed E-state index contributed by atoms with van der Waals surface area (Å²) in [6.45, 7) is 4.33. The lowest BCUT2D eigenvalue weighted by atomic mass is 10.1. The molecule has 3 aromatic rings. The molecule has 3 N–H and O–H groups in total. The largest absolute Gasteiger partial charge is 0.383 e. The van der Waals surface area contributed by atoms with Crippen molar-refractivity contribution in [1.82, 2.24) is 14.9 Å². The van der Waals surface area contributed by atoms with E-state index in [1.54, 1.807) is 35.9 Å². The highest BCUT2D eigenvalue weighted by atomic mass is 35.5. The van der Waals surface area contributed by atoms with Crippen LogP contribution in [0.5, 0.6) is 0 Å². The van der Waals surface area contributed by atoms with Gasteiger partial charge in [0.15, 0.2) is 0 Å². The van der Waals surface area contributed by atoms with E-state index in [1.807, 2.05) is 0 Å². The van der Waals surface area contributed by atoms with E-state index in [1.165, 1.54) is 11.1 Å². The smallest absolute Gasteiger partial charge is 0.259 e. The SMILES string of the molecule is Nc1ncc(-c2ccc(CN3CCOCC3)s2)cc1C(=O)Nc1ccncc1Cl. The Morgan fingerprint density at radius 1 is 1.28 bits per heavy atom. The number of nitrogens with two attached hydrogens (primary N) is 1. The van der Waals surface area contributed by atoms with Crippen LogP contribution in [0.1, 0.15) is 15.2 Å². The Hall–Kier alpha value is -2.52. The molecule has 3 aromatic heterocycles. The number of hydrogen-bond donors (Lipinski definition) is 2. The molecule has 0 radical (unpaired) electrons. The van der Waals surface area contributed by atoms with Crippen molar-refractivity contribution in [3.63, 3.8) is 0 Å². The van der Waals surface area contributed by atoms with Gasteiger partial charge in [-0.15, -0.1) is 11.3 Å². The van der Waals surface area contributed by atoms with E-state index in [0.29, 0.717) is 16.3 Å². The number of morpholine rings is 1. The van der Waals surface area contributed by atoms with Crippen LogP contribution in [0, 0.1) is 0 Å². The third-order valence-electron chi connectivity index (χ3n) is 4.61. The van der Waals surface area contributed by atoms with Gasteiger partial charge in [0.2, 0.25) is 0 Å². The summed E-state index contributed by atoms with van der Waals surface area (Å²) in [5.74, 6) is -0.198. The quantitative estimate of drug-likeness (QED) is 0.644. The summed E-state index contributed by atoms with van der Waals surface area (Å²) in [6, 6.07) is 7.55. The highest BCUT2D eigenvalue weighted by molar-refractivity contribution is 7.15. The monoisotopic (exact) mass is 429 g/mol. The minimum Gasteiger partial charge on any atom is -0.383 e. The van der Waals surface area contributed by atoms with Crippen molar-refractivity contribution < 1.29 is 9.53 Å². The Morgan fingerprint density at radius 2 is 2.10 bits per heavy atom. The Morgan fingerprint density at radius 3 is 2.90 bits per heavy atom. The van der Waals surface area contributed by atoms with Gasteiger partial charge in [-0.1, -0.05) is 11.6 Å². The second-order valence-electron chi connectivity index (χ2n) is 6.62. The normalized spacial score (nSPS) is 14.7. The number of amides is 1. The average molecular weight is 430 g/mol. The molecule has 0 spiro atoms. The molecule has 0 saturated carbocycles. The number of rotatable bonds is 5. The molecule has 0 aliphatic carbocycles. The van der Waals surface area contributed by atoms with Gasteiger partial charge in [0, 0.05) is 53.5 Å². The topological polar surface area (TPSA) is 93.4 Å². The highest BCUT2D eigenvalue weighted by Gasteiger charge is 2.16. The van der Waals surface area contributed by atoms with Crippen LogP contribution >= 0.6 is 22.9 Å². The van der Waals surface area contributed by atoms with Crippen LogP contribution in [-0.4, -0.2) is 47.1 Å². The number of carbonyl (C=O) groups excluding carboxylic acids is 1. The number of pyridine rings is 2. The first kappa shape index (κ1) is 19.8. The highest BCUT2D eigenvalue weighted by Crippen LogP contribution is 2.30. The predicted octanol–water partition coefficient (Wildman–Crippen LogP) is 3.53. The molecule has 0 aromatic carbocycles. The van der Waals surface area contributed by atoms with Crippen molar-refractivity contribution in [1.29, 1.82) is 0 Å². The number of thiophene rings is 1. The maximum atomic E-state index is 12.7. The van der Waals surface area contributed by atoms with Crippen LogP contribution in [0.3, 0.4) is 0 Å². The Kier molecular flexibility index (Phi) is 6.05. The van der Waals surface area contributed by atoms with Gasteiger partial charge in [0.25, 0.3) is 5.91 Å². The number of anilines is 2. The maximum absolute atomic E-state index is 12.7.